The lowest BCUT2D eigenvalue weighted by Gasteiger charge is -2.32. The summed E-state index contributed by atoms with van der Waals surface area (Å²) >= 11 is 0. The van der Waals surface area contributed by atoms with Gasteiger partial charge in [-0.2, -0.15) is 17.5 Å². The predicted molar refractivity (Wildman–Crippen MR) is 104 cm³/mol. The maximum absolute atomic E-state index is 12.9. The summed E-state index contributed by atoms with van der Waals surface area (Å²) in [6.07, 6.45) is -3.39. The molecule has 1 aliphatic rings. The minimum atomic E-state index is -4.64. The van der Waals surface area contributed by atoms with Gasteiger partial charge < -0.3 is 10.2 Å². The average Bonchev–Trinajstić information content (AvgIpc) is 2.71. The smallest absolute Gasteiger partial charge is 0.355 e. The van der Waals surface area contributed by atoms with Crippen LogP contribution in [0.4, 0.5) is 13.2 Å². The van der Waals surface area contributed by atoms with Gasteiger partial charge in [0.2, 0.25) is 21.8 Å². The molecule has 0 spiro atoms. The Morgan fingerprint density at radius 2 is 1.87 bits per heavy atom. The van der Waals surface area contributed by atoms with Gasteiger partial charge in [-0.15, -0.1) is 0 Å². The number of carbonyl (C=O) groups is 2. The minimum absolute atomic E-state index is 0.0187. The Morgan fingerprint density at radius 3 is 2.43 bits per heavy atom. The van der Waals surface area contributed by atoms with Crippen molar-refractivity contribution in [3.63, 3.8) is 0 Å². The first-order valence-corrected chi connectivity index (χ1v) is 11.1. The number of amides is 2. The third-order valence-corrected chi connectivity index (χ3v) is 6.83. The van der Waals surface area contributed by atoms with Crippen molar-refractivity contribution in [2.75, 3.05) is 33.2 Å². The molecule has 0 aliphatic carbocycles. The highest BCUT2D eigenvalue weighted by Gasteiger charge is 2.35. The largest absolute Gasteiger partial charge is 0.416 e. The van der Waals surface area contributed by atoms with Crippen molar-refractivity contribution in [2.45, 2.75) is 37.3 Å². The van der Waals surface area contributed by atoms with Crippen molar-refractivity contribution in [2.24, 2.45) is 5.92 Å². The van der Waals surface area contributed by atoms with Crippen LogP contribution >= 0.6 is 0 Å². The summed E-state index contributed by atoms with van der Waals surface area (Å²) in [6, 6.07) is 3.63. The van der Waals surface area contributed by atoms with Crippen LogP contribution in [0.3, 0.4) is 0 Å². The van der Waals surface area contributed by atoms with Crippen molar-refractivity contribution in [1.29, 1.82) is 0 Å². The molecule has 168 valence electrons. The summed E-state index contributed by atoms with van der Waals surface area (Å²) in [4.78, 5) is 25.2. The lowest BCUT2D eigenvalue weighted by Crippen LogP contribution is -2.45. The summed E-state index contributed by atoms with van der Waals surface area (Å²) in [5.74, 6) is -0.961. The van der Waals surface area contributed by atoms with Crippen LogP contribution in [0.25, 0.3) is 0 Å². The van der Waals surface area contributed by atoms with Gasteiger partial charge in [-0.3, -0.25) is 9.59 Å². The molecule has 7 nitrogen and oxygen atoms in total. The topological polar surface area (TPSA) is 86.8 Å². The van der Waals surface area contributed by atoms with E-state index in [4.69, 9.17) is 0 Å². The molecule has 1 fully saturated rings. The zero-order valence-corrected chi connectivity index (χ0v) is 17.7. The highest BCUT2D eigenvalue weighted by molar-refractivity contribution is 7.89. The molecule has 11 heteroatoms. The normalized spacial score (nSPS) is 16.3. The molecular formula is C19H26F3N3O4S. The van der Waals surface area contributed by atoms with Crippen LogP contribution in [0, 0.1) is 5.92 Å². The highest BCUT2D eigenvalue weighted by atomic mass is 32.2. The SMILES string of the molecule is CCCNC(=O)CN(C)C(=O)C1CCN(S(=O)(=O)c2cccc(C(F)(F)F)c2)CC1. The van der Waals surface area contributed by atoms with E-state index in [0.717, 1.165) is 28.9 Å². The zero-order chi connectivity index (χ0) is 22.5. The number of hydrogen-bond acceptors (Lipinski definition) is 4. The van der Waals surface area contributed by atoms with Gasteiger partial charge in [0.1, 0.15) is 0 Å². The number of nitrogens with one attached hydrogen (secondary N) is 1. The fourth-order valence-corrected chi connectivity index (χ4v) is 4.77. The quantitative estimate of drug-likeness (QED) is 0.691. The second kappa shape index (κ2) is 9.78. The first-order valence-electron chi connectivity index (χ1n) is 9.66. The molecule has 1 heterocycles. The molecule has 0 atom stereocenters. The molecule has 1 saturated heterocycles. The van der Waals surface area contributed by atoms with Crippen molar-refractivity contribution in [3.05, 3.63) is 29.8 Å². The number of piperidine rings is 1. The van der Waals surface area contributed by atoms with Crippen LogP contribution in [0.1, 0.15) is 31.7 Å². The Labute approximate surface area is 174 Å². The Balaban J connectivity index is 1.99. The van der Waals surface area contributed by atoms with Gasteiger partial charge in [0, 0.05) is 32.6 Å². The van der Waals surface area contributed by atoms with Gasteiger partial charge in [-0.1, -0.05) is 13.0 Å². The van der Waals surface area contributed by atoms with E-state index < -0.39 is 32.6 Å². The molecule has 0 radical (unpaired) electrons. The second-order valence-electron chi connectivity index (χ2n) is 7.25. The number of sulfonamides is 1. The Bertz CT molecular complexity index is 866. The third kappa shape index (κ3) is 5.94. The molecule has 2 amide bonds. The molecule has 0 bridgehead atoms. The van der Waals surface area contributed by atoms with Gasteiger partial charge in [-0.25, -0.2) is 8.42 Å². The van der Waals surface area contributed by atoms with E-state index in [-0.39, 0.29) is 44.3 Å². The van der Waals surface area contributed by atoms with E-state index in [0.29, 0.717) is 12.6 Å². The maximum atomic E-state index is 12.9. The first-order chi connectivity index (χ1) is 14.0. The number of rotatable bonds is 7. The Morgan fingerprint density at radius 1 is 1.23 bits per heavy atom. The fraction of sp³-hybridized carbons (Fsp3) is 0.579. The molecule has 1 N–H and O–H groups in total. The van der Waals surface area contributed by atoms with Gasteiger partial charge in [0.05, 0.1) is 17.0 Å². The van der Waals surface area contributed by atoms with Crippen LogP contribution in [-0.4, -0.2) is 62.7 Å². The van der Waals surface area contributed by atoms with E-state index in [2.05, 4.69) is 5.32 Å². The lowest BCUT2D eigenvalue weighted by molar-refractivity contribution is -0.139. The van der Waals surface area contributed by atoms with Crippen molar-refractivity contribution < 1.29 is 31.2 Å². The summed E-state index contributed by atoms with van der Waals surface area (Å²) in [5.41, 5.74) is -1.03. The molecular weight excluding hydrogens is 423 g/mol. The number of alkyl halides is 3. The maximum Gasteiger partial charge on any atom is 0.416 e. The van der Waals surface area contributed by atoms with Crippen LogP contribution < -0.4 is 5.32 Å². The number of benzene rings is 1. The van der Waals surface area contributed by atoms with Gasteiger partial charge in [0.15, 0.2) is 0 Å². The number of carbonyl (C=O) groups excluding carboxylic acids is 2. The summed E-state index contributed by atoms with van der Waals surface area (Å²) in [7, 11) is -2.59. The number of nitrogens with zero attached hydrogens (tertiary/aromatic N) is 2. The first kappa shape index (κ1) is 24.1. The second-order valence-corrected chi connectivity index (χ2v) is 9.19. The molecule has 0 saturated carbocycles. The van der Waals surface area contributed by atoms with Crippen molar-refractivity contribution >= 4 is 21.8 Å². The third-order valence-electron chi connectivity index (χ3n) is 4.93. The number of likely N-dealkylation sites (N-methyl/N-ethyl adjacent to an activating group) is 1. The van der Waals surface area contributed by atoms with E-state index in [1.54, 1.807) is 0 Å². The lowest BCUT2D eigenvalue weighted by atomic mass is 9.96. The van der Waals surface area contributed by atoms with Crippen LogP contribution in [0.15, 0.2) is 29.2 Å². The number of hydrogen-bond donors (Lipinski definition) is 1. The van der Waals surface area contributed by atoms with Gasteiger partial charge in [0.25, 0.3) is 0 Å². The Kier molecular flexibility index (Phi) is 7.87. The fourth-order valence-electron chi connectivity index (χ4n) is 3.25. The average molecular weight is 449 g/mol. The van der Waals surface area contributed by atoms with E-state index >= 15 is 0 Å². The van der Waals surface area contributed by atoms with Crippen LogP contribution in [0.5, 0.6) is 0 Å². The highest BCUT2D eigenvalue weighted by Crippen LogP contribution is 2.32. The van der Waals surface area contributed by atoms with Crippen molar-refractivity contribution in [1.82, 2.24) is 14.5 Å². The van der Waals surface area contributed by atoms with Crippen LogP contribution in [-0.2, 0) is 25.8 Å². The van der Waals surface area contributed by atoms with E-state index in [9.17, 15) is 31.2 Å². The van der Waals surface area contributed by atoms with Crippen LogP contribution in [0.2, 0.25) is 0 Å². The molecule has 0 aromatic heterocycles. The van der Waals surface area contributed by atoms with Gasteiger partial charge in [-0.05, 0) is 37.5 Å². The molecule has 1 aromatic rings. The summed E-state index contributed by atoms with van der Waals surface area (Å²) < 4.78 is 65.2. The molecule has 30 heavy (non-hydrogen) atoms. The molecule has 1 aliphatic heterocycles. The number of halogens is 3. The summed E-state index contributed by atoms with van der Waals surface area (Å²) in [5, 5.41) is 2.68. The Hall–Kier alpha value is -2.14. The van der Waals surface area contributed by atoms with Gasteiger partial charge >= 0.3 is 6.18 Å². The molecule has 0 unspecified atom stereocenters. The monoisotopic (exact) mass is 449 g/mol. The zero-order valence-electron chi connectivity index (χ0n) is 16.9. The minimum Gasteiger partial charge on any atom is -0.355 e. The molecule has 2 rings (SSSR count). The van der Waals surface area contributed by atoms with E-state index in [1.807, 2.05) is 6.92 Å². The predicted octanol–water partition coefficient (Wildman–Crippen LogP) is 2.09. The molecule has 1 aromatic carbocycles. The summed E-state index contributed by atoms with van der Waals surface area (Å²) in [6.45, 7) is 2.39. The standard InChI is InChI=1S/C19H26F3N3O4S/c1-3-9-23-17(26)13-24(2)18(27)14-7-10-25(11-8-14)30(28,29)16-6-4-5-15(12-16)19(20,21)22/h4-6,12,14H,3,7-11,13H2,1-2H3,(H,23,26). The van der Waals surface area contributed by atoms with E-state index in [1.165, 1.54) is 11.9 Å². The van der Waals surface area contributed by atoms with Crippen molar-refractivity contribution in [3.8, 4) is 0 Å².